The number of thiophene rings is 1. The van der Waals surface area contributed by atoms with Gasteiger partial charge in [-0.3, -0.25) is 4.98 Å². The summed E-state index contributed by atoms with van der Waals surface area (Å²) in [6.07, 6.45) is 2.77. The van der Waals surface area contributed by atoms with Crippen molar-refractivity contribution in [1.29, 1.82) is 0 Å². The summed E-state index contributed by atoms with van der Waals surface area (Å²) in [4.78, 5) is 4.90. The number of aromatic nitrogens is 1. The van der Waals surface area contributed by atoms with Crippen LogP contribution >= 0.6 is 22.9 Å². The molecule has 2 heterocycles. The quantitative estimate of drug-likeness (QED) is 0.844. The summed E-state index contributed by atoms with van der Waals surface area (Å²) in [6.45, 7) is 4.02. The average Bonchev–Trinajstić information content (AvgIpc) is 2.88. The van der Waals surface area contributed by atoms with Crippen LogP contribution < -0.4 is 0 Å². The molecule has 4 nitrogen and oxygen atoms in total. The van der Waals surface area contributed by atoms with Crippen LogP contribution in [-0.4, -0.2) is 23.7 Å². The molecule has 2 rings (SSSR count). The SMILES string of the molecule is CC(C)N(Cc1cccs1)S(=O)(=O)c1cnccc1Cl. The minimum absolute atomic E-state index is 0.0481. The highest BCUT2D eigenvalue weighted by Crippen LogP contribution is 2.27. The highest BCUT2D eigenvalue weighted by atomic mass is 35.5. The monoisotopic (exact) mass is 330 g/mol. The number of sulfonamides is 1. The number of hydrogen-bond acceptors (Lipinski definition) is 4. The molecule has 108 valence electrons. The predicted molar refractivity (Wildman–Crippen MR) is 81.4 cm³/mol. The lowest BCUT2D eigenvalue weighted by Crippen LogP contribution is -2.36. The molecule has 0 aliphatic heterocycles. The Morgan fingerprint density at radius 3 is 2.70 bits per heavy atom. The number of nitrogens with zero attached hydrogens (tertiary/aromatic N) is 2. The first-order valence-electron chi connectivity index (χ1n) is 6.06. The smallest absolute Gasteiger partial charge is 0.246 e. The molecule has 0 aromatic carbocycles. The largest absolute Gasteiger partial charge is 0.263 e. The fourth-order valence-electron chi connectivity index (χ4n) is 1.78. The van der Waals surface area contributed by atoms with E-state index < -0.39 is 10.0 Å². The van der Waals surface area contributed by atoms with Gasteiger partial charge in [-0.05, 0) is 31.4 Å². The summed E-state index contributed by atoms with van der Waals surface area (Å²) in [6, 6.07) is 5.14. The minimum atomic E-state index is -3.66. The summed E-state index contributed by atoms with van der Waals surface area (Å²) >= 11 is 7.53. The average molecular weight is 331 g/mol. The lowest BCUT2D eigenvalue weighted by atomic mass is 10.4. The van der Waals surface area contributed by atoms with E-state index in [2.05, 4.69) is 4.98 Å². The third kappa shape index (κ3) is 3.20. The van der Waals surface area contributed by atoms with Gasteiger partial charge in [-0.1, -0.05) is 17.7 Å². The van der Waals surface area contributed by atoms with Gasteiger partial charge in [0.1, 0.15) is 4.90 Å². The van der Waals surface area contributed by atoms with E-state index in [1.165, 1.54) is 34.1 Å². The molecule has 0 aliphatic rings. The maximum Gasteiger partial charge on any atom is 0.246 e. The lowest BCUT2D eigenvalue weighted by Gasteiger charge is -2.25. The highest BCUT2D eigenvalue weighted by Gasteiger charge is 2.29. The molecule has 0 bridgehead atoms. The van der Waals surface area contributed by atoms with Gasteiger partial charge in [0.05, 0.1) is 5.02 Å². The van der Waals surface area contributed by atoms with Gasteiger partial charge in [0.2, 0.25) is 10.0 Å². The first-order chi connectivity index (χ1) is 9.43. The van der Waals surface area contributed by atoms with Gasteiger partial charge in [-0.2, -0.15) is 4.31 Å². The Balaban J connectivity index is 2.40. The Labute approximate surface area is 128 Å². The zero-order valence-electron chi connectivity index (χ0n) is 11.2. The van der Waals surface area contributed by atoms with Crippen LogP contribution in [0, 0.1) is 0 Å². The fourth-order valence-corrected chi connectivity index (χ4v) is 4.59. The van der Waals surface area contributed by atoms with Crippen LogP contribution in [0.4, 0.5) is 0 Å². The van der Waals surface area contributed by atoms with Crippen molar-refractivity contribution in [3.63, 3.8) is 0 Å². The Hall–Kier alpha value is -0.950. The van der Waals surface area contributed by atoms with E-state index in [9.17, 15) is 8.42 Å². The summed E-state index contributed by atoms with van der Waals surface area (Å²) in [5.41, 5.74) is 0. The number of pyridine rings is 1. The number of rotatable bonds is 5. The summed E-state index contributed by atoms with van der Waals surface area (Å²) in [7, 11) is -3.66. The minimum Gasteiger partial charge on any atom is -0.263 e. The van der Waals surface area contributed by atoms with Crippen LogP contribution in [0.1, 0.15) is 18.7 Å². The van der Waals surface area contributed by atoms with Gasteiger partial charge < -0.3 is 0 Å². The molecule has 0 N–H and O–H groups in total. The van der Waals surface area contributed by atoms with Gasteiger partial charge in [-0.25, -0.2) is 8.42 Å². The second-order valence-corrected chi connectivity index (χ2v) is 7.83. The first-order valence-corrected chi connectivity index (χ1v) is 8.76. The molecule has 0 spiro atoms. The van der Waals surface area contributed by atoms with Crippen LogP contribution in [0.3, 0.4) is 0 Å². The van der Waals surface area contributed by atoms with Crippen molar-refractivity contribution in [2.24, 2.45) is 0 Å². The van der Waals surface area contributed by atoms with Crippen molar-refractivity contribution in [1.82, 2.24) is 9.29 Å². The molecular weight excluding hydrogens is 316 g/mol. The van der Waals surface area contributed by atoms with Crippen molar-refractivity contribution in [2.75, 3.05) is 0 Å². The molecule has 2 aromatic heterocycles. The zero-order chi connectivity index (χ0) is 14.8. The van der Waals surface area contributed by atoms with E-state index >= 15 is 0 Å². The second kappa shape index (κ2) is 6.22. The summed E-state index contributed by atoms with van der Waals surface area (Å²) in [5.74, 6) is 0. The molecule has 0 saturated carbocycles. The fraction of sp³-hybridized carbons (Fsp3) is 0.308. The van der Waals surface area contributed by atoms with Crippen LogP contribution in [0.25, 0.3) is 0 Å². The molecule has 2 aromatic rings. The molecule has 0 saturated heterocycles. The Morgan fingerprint density at radius 2 is 2.15 bits per heavy atom. The van der Waals surface area contributed by atoms with Crippen LogP contribution in [0.15, 0.2) is 40.9 Å². The van der Waals surface area contributed by atoms with Gasteiger partial charge >= 0.3 is 0 Å². The standard InChI is InChI=1S/C13H15ClN2O2S2/c1-10(2)16(9-11-4-3-7-19-11)20(17,18)13-8-15-6-5-12(13)14/h3-8,10H,9H2,1-2H3. The van der Waals surface area contributed by atoms with E-state index in [4.69, 9.17) is 11.6 Å². The Kier molecular flexibility index (Phi) is 4.80. The molecule has 0 fully saturated rings. The van der Waals surface area contributed by atoms with E-state index in [-0.39, 0.29) is 16.0 Å². The van der Waals surface area contributed by atoms with Gasteiger partial charge in [0.25, 0.3) is 0 Å². The predicted octanol–water partition coefficient (Wildman–Crippen LogP) is 3.40. The third-order valence-corrected chi connectivity index (χ3v) is 6.14. The maximum atomic E-state index is 12.7. The second-order valence-electron chi connectivity index (χ2n) is 4.53. The Morgan fingerprint density at radius 1 is 1.40 bits per heavy atom. The normalized spacial score (nSPS) is 12.2. The molecule has 20 heavy (non-hydrogen) atoms. The lowest BCUT2D eigenvalue weighted by molar-refractivity contribution is 0.350. The van der Waals surface area contributed by atoms with Crippen LogP contribution in [0.5, 0.6) is 0 Å². The summed E-state index contributed by atoms with van der Waals surface area (Å²) < 4.78 is 26.9. The van der Waals surface area contributed by atoms with Gasteiger partial charge in [-0.15, -0.1) is 11.3 Å². The first kappa shape index (κ1) is 15.4. The molecule has 0 amide bonds. The number of hydrogen-bond donors (Lipinski definition) is 0. The summed E-state index contributed by atoms with van der Waals surface area (Å²) in [5, 5.41) is 2.12. The van der Waals surface area contributed by atoms with E-state index in [0.29, 0.717) is 6.54 Å². The van der Waals surface area contributed by atoms with Crippen molar-refractivity contribution >= 4 is 33.0 Å². The zero-order valence-corrected chi connectivity index (χ0v) is 13.5. The van der Waals surface area contributed by atoms with Crippen LogP contribution in [-0.2, 0) is 16.6 Å². The van der Waals surface area contributed by atoms with Crippen molar-refractivity contribution < 1.29 is 8.42 Å². The molecular formula is C13H15ClN2O2S2. The van der Waals surface area contributed by atoms with E-state index in [1.54, 1.807) is 0 Å². The number of halogens is 1. The topological polar surface area (TPSA) is 50.3 Å². The molecule has 7 heteroatoms. The third-order valence-electron chi connectivity index (χ3n) is 2.79. The Bertz CT molecular complexity index is 669. The van der Waals surface area contributed by atoms with Gasteiger partial charge in [0.15, 0.2) is 0 Å². The van der Waals surface area contributed by atoms with Gasteiger partial charge in [0, 0.05) is 29.9 Å². The maximum absolute atomic E-state index is 12.7. The van der Waals surface area contributed by atoms with E-state index in [0.717, 1.165) is 4.88 Å². The molecule has 0 aliphatic carbocycles. The van der Waals surface area contributed by atoms with Crippen molar-refractivity contribution in [3.05, 3.63) is 45.9 Å². The van der Waals surface area contributed by atoms with Crippen molar-refractivity contribution in [2.45, 2.75) is 31.3 Å². The molecule has 0 unspecified atom stereocenters. The van der Waals surface area contributed by atoms with Crippen molar-refractivity contribution in [3.8, 4) is 0 Å². The highest BCUT2D eigenvalue weighted by molar-refractivity contribution is 7.89. The van der Waals surface area contributed by atoms with Crippen LogP contribution in [0.2, 0.25) is 5.02 Å². The molecule has 0 atom stereocenters. The molecule has 0 radical (unpaired) electrons. The van der Waals surface area contributed by atoms with E-state index in [1.807, 2.05) is 31.4 Å².